The monoisotopic (exact) mass is 665 g/mol. The van der Waals surface area contributed by atoms with E-state index in [0.717, 1.165) is 64.2 Å². The SMILES string of the molecule is CCCCCCCC/C=C\CCCCCCCC(=O)OCC(CO)(CO)COC(=O)CCCCCCC/C=C/CCCCCCCC. The molecule has 0 unspecified atom stereocenters. The molecule has 0 spiro atoms. The van der Waals surface area contributed by atoms with E-state index in [-0.39, 0.29) is 25.2 Å². The van der Waals surface area contributed by atoms with Crippen molar-refractivity contribution in [3.05, 3.63) is 24.3 Å². The number of unbranched alkanes of at least 4 members (excludes halogenated alkanes) is 22. The molecule has 0 aromatic heterocycles. The van der Waals surface area contributed by atoms with Crippen LogP contribution in [0.25, 0.3) is 0 Å². The van der Waals surface area contributed by atoms with Crippen molar-refractivity contribution in [3.8, 4) is 0 Å². The van der Waals surface area contributed by atoms with Crippen molar-refractivity contribution >= 4 is 11.9 Å². The first-order valence-electron chi connectivity index (χ1n) is 19.9. The van der Waals surface area contributed by atoms with Crippen LogP contribution in [0.5, 0.6) is 0 Å². The third-order valence-corrected chi connectivity index (χ3v) is 9.03. The zero-order chi connectivity index (χ0) is 34.5. The van der Waals surface area contributed by atoms with Gasteiger partial charge in [0, 0.05) is 12.8 Å². The van der Waals surface area contributed by atoms with Gasteiger partial charge in [-0.1, -0.05) is 141 Å². The van der Waals surface area contributed by atoms with Crippen LogP contribution in [0.1, 0.15) is 194 Å². The summed E-state index contributed by atoms with van der Waals surface area (Å²) in [6.07, 6.45) is 41.1. The molecule has 47 heavy (non-hydrogen) atoms. The topological polar surface area (TPSA) is 93.1 Å². The van der Waals surface area contributed by atoms with Gasteiger partial charge in [-0.2, -0.15) is 0 Å². The maximum absolute atomic E-state index is 12.3. The van der Waals surface area contributed by atoms with Gasteiger partial charge in [0.15, 0.2) is 0 Å². The van der Waals surface area contributed by atoms with Crippen molar-refractivity contribution in [2.24, 2.45) is 5.41 Å². The Balaban J connectivity index is 3.81. The van der Waals surface area contributed by atoms with E-state index >= 15 is 0 Å². The molecule has 0 heterocycles. The van der Waals surface area contributed by atoms with Crippen molar-refractivity contribution in [1.29, 1.82) is 0 Å². The number of hydrogen-bond donors (Lipinski definition) is 2. The minimum Gasteiger partial charge on any atom is -0.465 e. The summed E-state index contributed by atoms with van der Waals surface area (Å²) < 4.78 is 10.7. The van der Waals surface area contributed by atoms with Crippen LogP contribution in [0, 0.1) is 5.41 Å². The number of carbonyl (C=O) groups is 2. The molecule has 276 valence electrons. The molecule has 6 nitrogen and oxygen atoms in total. The van der Waals surface area contributed by atoms with Crippen LogP contribution in [-0.4, -0.2) is 48.6 Å². The third-order valence-electron chi connectivity index (χ3n) is 9.03. The summed E-state index contributed by atoms with van der Waals surface area (Å²) in [5, 5.41) is 19.8. The van der Waals surface area contributed by atoms with E-state index in [9.17, 15) is 19.8 Å². The van der Waals surface area contributed by atoms with E-state index in [1.807, 2.05) is 0 Å². The summed E-state index contributed by atoms with van der Waals surface area (Å²) in [5.41, 5.74) is -1.17. The van der Waals surface area contributed by atoms with Gasteiger partial charge in [-0.05, 0) is 64.2 Å². The van der Waals surface area contributed by atoms with Gasteiger partial charge >= 0.3 is 11.9 Å². The van der Waals surface area contributed by atoms with Crippen LogP contribution in [0.4, 0.5) is 0 Å². The molecule has 0 rings (SSSR count). The van der Waals surface area contributed by atoms with Gasteiger partial charge in [-0.3, -0.25) is 9.59 Å². The van der Waals surface area contributed by atoms with Gasteiger partial charge in [0.2, 0.25) is 0 Å². The molecule has 0 aromatic rings. The van der Waals surface area contributed by atoms with E-state index in [0.29, 0.717) is 12.8 Å². The highest BCUT2D eigenvalue weighted by atomic mass is 16.5. The van der Waals surface area contributed by atoms with E-state index in [1.165, 1.54) is 103 Å². The second-order valence-electron chi connectivity index (χ2n) is 13.8. The Bertz CT molecular complexity index is 684. The molecule has 0 fully saturated rings. The van der Waals surface area contributed by atoms with Gasteiger partial charge in [0.1, 0.15) is 13.2 Å². The van der Waals surface area contributed by atoms with Gasteiger partial charge in [0.05, 0.1) is 18.6 Å². The Morgan fingerprint density at radius 1 is 0.447 bits per heavy atom. The number of carbonyl (C=O) groups excluding carboxylic acids is 2. The first kappa shape index (κ1) is 45.3. The molecule has 2 N–H and O–H groups in total. The van der Waals surface area contributed by atoms with Gasteiger partial charge in [-0.25, -0.2) is 0 Å². The van der Waals surface area contributed by atoms with Crippen LogP contribution >= 0.6 is 0 Å². The molecule has 6 heteroatoms. The lowest BCUT2D eigenvalue weighted by Crippen LogP contribution is -2.41. The molecule has 0 radical (unpaired) electrons. The molecular formula is C41H76O6. The summed E-state index contributed by atoms with van der Waals surface area (Å²) in [5.74, 6) is -0.679. The summed E-state index contributed by atoms with van der Waals surface area (Å²) >= 11 is 0. The second-order valence-corrected chi connectivity index (χ2v) is 13.8. The Kier molecular flexibility index (Phi) is 34.4. The Morgan fingerprint density at radius 2 is 0.723 bits per heavy atom. The van der Waals surface area contributed by atoms with E-state index in [1.54, 1.807) is 0 Å². The quantitative estimate of drug-likeness (QED) is 0.0393. The Labute approximate surface area is 290 Å². The molecule has 0 aliphatic heterocycles. The van der Waals surface area contributed by atoms with Crippen molar-refractivity contribution < 1.29 is 29.3 Å². The lowest BCUT2D eigenvalue weighted by Gasteiger charge is -2.28. The van der Waals surface area contributed by atoms with Crippen molar-refractivity contribution in [2.45, 2.75) is 194 Å². The van der Waals surface area contributed by atoms with Gasteiger partial charge < -0.3 is 19.7 Å². The highest BCUT2D eigenvalue weighted by Gasteiger charge is 2.33. The zero-order valence-corrected chi connectivity index (χ0v) is 31.0. The second kappa shape index (κ2) is 35.6. The third kappa shape index (κ3) is 31.4. The summed E-state index contributed by atoms with van der Waals surface area (Å²) in [6, 6.07) is 0. The molecule has 0 aliphatic carbocycles. The lowest BCUT2D eigenvalue weighted by molar-refractivity contribution is -0.159. The predicted molar refractivity (Wildman–Crippen MR) is 197 cm³/mol. The summed E-state index contributed by atoms with van der Waals surface area (Å²) in [6.45, 7) is 3.33. The minimum atomic E-state index is -1.17. The highest BCUT2D eigenvalue weighted by molar-refractivity contribution is 5.69. The maximum atomic E-state index is 12.3. The molecule has 0 aliphatic rings. The average molecular weight is 665 g/mol. The molecular weight excluding hydrogens is 588 g/mol. The summed E-state index contributed by atoms with van der Waals surface area (Å²) in [7, 11) is 0. The lowest BCUT2D eigenvalue weighted by atomic mass is 9.92. The van der Waals surface area contributed by atoms with E-state index < -0.39 is 18.6 Å². The number of allylic oxidation sites excluding steroid dienone is 4. The number of aliphatic hydroxyl groups is 2. The number of esters is 2. The fourth-order valence-corrected chi connectivity index (χ4v) is 5.57. The van der Waals surface area contributed by atoms with Crippen LogP contribution in [0.2, 0.25) is 0 Å². The van der Waals surface area contributed by atoms with Gasteiger partial charge in [-0.15, -0.1) is 0 Å². The van der Waals surface area contributed by atoms with Crippen molar-refractivity contribution in [1.82, 2.24) is 0 Å². The molecule has 0 aromatic carbocycles. The number of ether oxygens (including phenoxy) is 2. The number of hydrogen-bond acceptors (Lipinski definition) is 6. The van der Waals surface area contributed by atoms with Crippen molar-refractivity contribution in [2.75, 3.05) is 26.4 Å². The first-order valence-corrected chi connectivity index (χ1v) is 19.9. The largest absolute Gasteiger partial charge is 0.465 e. The van der Waals surface area contributed by atoms with E-state index in [2.05, 4.69) is 38.2 Å². The first-order chi connectivity index (χ1) is 23.0. The highest BCUT2D eigenvalue weighted by Crippen LogP contribution is 2.19. The van der Waals surface area contributed by atoms with Crippen LogP contribution in [0.15, 0.2) is 24.3 Å². The van der Waals surface area contributed by atoms with Crippen LogP contribution in [0.3, 0.4) is 0 Å². The van der Waals surface area contributed by atoms with E-state index in [4.69, 9.17) is 9.47 Å². The fourth-order valence-electron chi connectivity index (χ4n) is 5.57. The van der Waals surface area contributed by atoms with Crippen LogP contribution in [-0.2, 0) is 19.1 Å². The maximum Gasteiger partial charge on any atom is 0.305 e. The van der Waals surface area contributed by atoms with Crippen LogP contribution < -0.4 is 0 Å². The standard InChI is InChI=1S/C41H76O6/c1-3-5-7-9-11-13-15-17-19-21-23-25-27-29-31-33-39(44)46-37-41(35-42,36-43)38-47-40(45)34-32-30-28-26-24-22-20-18-16-14-12-10-8-6-4-2/h17-20,42-43H,3-16,21-38H2,1-2H3/b19-17-,20-18+. The smallest absolute Gasteiger partial charge is 0.305 e. The zero-order valence-electron chi connectivity index (χ0n) is 31.0. The van der Waals surface area contributed by atoms with Gasteiger partial charge in [0.25, 0.3) is 0 Å². The molecule has 0 bridgehead atoms. The average Bonchev–Trinajstić information content (AvgIpc) is 3.08. The fraction of sp³-hybridized carbons (Fsp3) is 0.854. The van der Waals surface area contributed by atoms with Crippen molar-refractivity contribution in [3.63, 3.8) is 0 Å². The molecule has 0 amide bonds. The summed E-state index contributed by atoms with van der Waals surface area (Å²) in [4.78, 5) is 24.5. The number of rotatable bonds is 36. The predicted octanol–water partition coefficient (Wildman–Crippen LogP) is 11.1. The Hall–Kier alpha value is -1.66. The number of aliphatic hydroxyl groups excluding tert-OH is 2. The minimum absolute atomic E-state index is 0.162. The Morgan fingerprint density at radius 3 is 1.02 bits per heavy atom. The molecule has 0 atom stereocenters. The molecule has 0 saturated carbocycles. The normalized spacial score (nSPS) is 12.0. The molecule has 0 saturated heterocycles.